The molecule has 3 aromatic rings. The standard InChI is InChI=1S/C30H44N6O/c1-5-6-21(2)32-30-31-17-27-28(20-36(29(27)33-30)24-11-13-26(37)14-12-24)23-9-7-22(8-10-23)18-35-16-15-25(19-35)34(3)4/h7-10,17,20-21,24-26,37H,5-6,11-16,18-19H2,1-4H3,(H,31,32,33)/t21-,24-,25+,26-/m0/s1. The molecule has 2 fully saturated rings. The molecule has 0 amide bonds. The third kappa shape index (κ3) is 6.00. The van der Waals surface area contributed by atoms with Gasteiger partial charge in [-0.15, -0.1) is 0 Å². The minimum Gasteiger partial charge on any atom is -0.393 e. The molecule has 0 spiro atoms. The number of fused-ring (bicyclic) bond motifs is 1. The highest BCUT2D eigenvalue weighted by Gasteiger charge is 2.25. The molecule has 1 aliphatic heterocycles. The third-order valence-electron chi connectivity index (χ3n) is 8.38. The van der Waals surface area contributed by atoms with Crippen LogP contribution in [0.2, 0.25) is 0 Å². The number of nitrogens with zero attached hydrogens (tertiary/aromatic N) is 5. The van der Waals surface area contributed by atoms with E-state index in [0.717, 1.165) is 62.6 Å². The summed E-state index contributed by atoms with van der Waals surface area (Å²) in [5, 5.41) is 14.7. The predicted octanol–water partition coefficient (Wildman–Crippen LogP) is 5.31. The highest BCUT2D eigenvalue weighted by atomic mass is 16.3. The second-order valence-corrected chi connectivity index (χ2v) is 11.5. The Bertz CT molecular complexity index is 1160. The summed E-state index contributed by atoms with van der Waals surface area (Å²) in [5.74, 6) is 0.701. The number of likely N-dealkylation sites (tertiary alicyclic amines) is 1. The largest absolute Gasteiger partial charge is 0.393 e. The number of aliphatic hydroxyl groups excluding tert-OH is 1. The molecule has 0 unspecified atom stereocenters. The maximum absolute atomic E-state index is 10.1. The predicted molar refractivity (Wildman–Crippen MR) is 152 cm³/mol. The molecule has 0 bridgehead atoms. The second kappa shape index (κ2) is 11.5. The zero-order chi connectivity index (χ0) is 25.9. The lowest BCUT2D eigenvalue weighted by atomic mass is 9.93. The van der Waals surface area contributed by atoms with Crippen molar-refractivity contribution in [3.63, 3.8) is 0 Å². The zero-order valence-corrected chi connectivity index (χ0v) is 23.0. The number of aromatic nitrogens is 3. The van der Waals surface area contributed by atoms with Crippen LogP contribution in [-0.4, -0.2) is 74.8 Å². The molecule has 5 rings (SSSR count). The number of hydrogen-bond donors (Lipinski definition) is 2. The van der Waals surface area contributed by atoms with Crippen LogP contribution in [-0.2, 0) is 6.54 Å². The van der Waals surface area contributed by atoms with Crippen molar-refractivity contribution in [2.75, 3.05) is 32.5 Å². The number of nitrogens with one attached hydrogen (secondary N) is 1. The monoisotopic (exact) mass is 504 g/mol. The molecule has 0 radical (unpaired) electrons. The fraction of sp³-hybridized carbons (Fsp3) is 0.600. The van der Waals surface area contributed by atoms with E-state index in [4.69, 9.17) is 9.97 Å². The van der Waals surface area contributed by atoms with Gasteiger partial charge in [-0.3, -0.25) is 4.90 Å². The van der Waals surface area contributed by atoms with Crippen LogP contribution in [0.3, 0.4) is 0 Å². The van der Waals surface area contributed by atoms with Crippen LogP contribution in [0.5, 0.6) is 0 Å². The van der Waals surface area contributed by atoms with Crippen LogP contribution in [0.4, 0.5) is 5.95 Å². The van der Waals surface area contributed by atoms with Crippen molar-refractivity contribution in [1.29, 1.82) is 0 Å². The van der Waals surface area contributed by atoms with Crippen LogP contribution < -0.4 is 5.32 Å². The molecule has 2 aliphatic rings. The molecule has 3 heterocycles. The van der Waals surface area contributed by atoms with Crippen LogP contribution in [0.15, 0.2) is 36.7 Å². The number of likely N-dealkylation sites (N-methyl/N-ethyl adjacent to an activating group) is 1. The van der Waals surface area contributed by atoms with Gasteiger partial charge in [-0.2, -0.15) is 4.98 Å². The number of aliphatic hydroxyl groups is 1. The third-order valence-corrected chi connectivity index (χ3v) is 8.38. The van der Waals surface area contributed by atoms with Crippen LogP contribution >= 0.6 is 0 Å². The minimum atomic E-state index is -0.171. The Morgan fingerprint density at radius 3 is 2.54 bits per heavy atom. The molecule has 200 valence electrons. The first-order valence-electron chi connectivity index (χ1n) is 14.2. The molecule has 7 heteroatoms. The van der Waals surface area contributed by atoms with Gasteiger partial charge in [-0.05, 0) is 70.7 Å². The maximum atomic E-state index is 10.1. The van der Waals surface area contributed by atoms with Gasteiger partial charge in [0.2, 0.25) is 5.95 Å². The van der Waals surface area contributed by atoms with Crippen molar-refractivity contribution in [2.24, 2.45) is 0 Å². The molecule has 37 heavy (non-hydrogen) atoms. The summed E-state index contributed by atoms with van der Waals surface area (Å²) in [6.45, 7) is 7.70. The SMILES string of the molecule is CCC[C@H](C)Nc1ncc2c(-c3ccc(CN4CC[C@@H](N(C)C)C4)cc3)cn([C@H]3CC[C@H](O)CC3)c2n1. The summed E-state index contributed by atoms with van der Waals surface area (Å²) in [6.07, 6.45) is 11.2. The Morgan fingerprint density at radius 1 is 1.11 bits per heavy atom. The quantitative estimate of drug-likeness (QED) is 0.412. The fourth-order valence-corrected chi connectivity index (χ4v) is 6.09. The van der Waals surface area contributed by atoms with E-state index in [1.165, 1.54) is 29.7 Å². The normalized spacial score (nSPS) is 23.7. The number of anilines is 1. The van der Waals surface area contributed by atoms with Gasteiger partial charge in [0.15, 0.2) is 0 Å². The first-order chi connectivity index (χ1) is 17.9. The molecular weight excluding hydrogens is 460 g/mol. The second-order valence-electron chi connectivity index (χ2n) is 11.5. The first-order valence-corrected chi connectivity index (χ1v) is 14.2. The van der Waals surface area contributed by atoms with E-state index in [0.29, 0.717) is 24.1 Å². The highest BCUT2D eigenvalue weighted by molar-refractivity contribution is 5.94. The topological polar surface area (TPSA) is 69.5 Å². The van der Waals surface area contributed by atoms with Crippen LogP contribution in [0.1, 0.15) is 70.4 Å². The summed E-state index contributed by atoms with van der Waals surface area (Å²) in [7, 11) is 4.37. The molecule has 2 N–H and O–H groups in total. The van der Waals surface area contributed by atoms with E-state index < -0.39 is 0 Å². The van der Waals surface area contributed by atoms with E-state index in [9.17, 15) is 5.11 Å². The lowest BCUT2D eigenvalue weighted by molar-refractivity contribution is 0.111. The van der Waals surface area contributed by atoms with Crippen molar-refractivity contribution >= 4 is 17.0 Å². The summed E-state index contributed by atoms with van der Waals surface area (Å²) in [4.78, 5) is 14.6. The van der Waals surface area contributed by atoms with Crippen molar-refractivity contribution in [3.05, 3.63) is 42.2 Å². The minimum absolute atomic E-state index is 0.171. The summed E-state index contributed by atoms with van der Waals surface area (Å²) in [5.41, 5.74) is 4.75. The smallest absolute Gasteiger partial charge is 0.224 e. The van der Waals surface area contributed by atoms with Gasteiger partial charge in [0.05, 0.1) is 6.10 Å². The van der Waals surface area contributed by atoms with Crippen LogP contribution in [0, 0.1) is 0 Å². The van der Waals surface area contributed by atoms with E-state index in [1.54, 1.807) is 0 Å². The van der Waals surface area contributed by atoms with E-state index >= 15 is 0 Å². The van der Waals surface area contributed by atoms with Crippen molar-refractivity contribution in [3.8, 4) is 11.1 Å². The average molecular weight is 505 g/mol. The summed E-state index contributed by atoms with van der Waals surface area (Å²) in [6, 6.07) is 10.4. The molecule has 2 aromatic heterocycles. The van der Waals surface area contributed by atoms with E-state index in [1.807, 2.05) is 6.20 Å². The maximum Gasteiger partial charge on any atom is 0.224 e. The molecule has 2 atom stereocenters. The number of hydrogen-bond acceptors (Lipinski definition) is 6. The van der Waals surface area contributed by atoms with Crippen LogP contribution in [0.25, 0.3) is 22.2 Å². The Balaban J connectivity index is 1.41. The van der Waals surface area contributed by atoms with Crippen molar-refractivity contribution < 1.29 is 5.11 Å². The van der Waals surface area contributed by atoms with Gasteiger partial charge in [0.1, 0.15) is 5.65 Å². The van der Waals surface area contributed by atoms with Gasteiger partial charge in [-0.1, -0.05) is 37.6 Å². The van der Waals surface area contributed by atoms with Gasteiger partial charge in [-0.25, -0.2) is 4.98 Å². The van der Waals surface area contributed by atoms with Gasteiger partial charge in [0, 0.05) is 61.1 Å². The molecule has 7 nitrogen and oxygen atoms in total. The van der Waals surface area contributed by atoms with Gasteiger partial charge < -0.3 is 19.9 Å². The van der Waals surface area contributed by atoms with E-state index in [-0.39, 0.29) is 6.10 Å². The molecule has 1 saturated carbocycles. The van der Waals surface area contributed by atoms with Gasteiger partial charge >= 0.3 is 0 Å². The van der Waals surface area contributed by atoms with Gasteiger partial charge in [0.25, 0.3) is 0 Å². The van der Waals surface area contributed by atoms with E-state index in [2.05, 4.69) is 78.1 Å². The summed E-state index contributed by atoms with van der Waals surface area (Å²) >= 11 is 0. The first kappa shape index (κ1) is 26.1. The van der Waals surface area contributed by atoms with Crippen molar-refractivity contribution in [1.82, 2.24) is 24.3 Å². The Labute approximate surface area is 221 Å². The lowest BCUT2D eigenvalue weighted by Crippen LogP contribution is -2.31. The Morgan fingerprint density at radius 2 is 1.86 bits per heavy atom. The lowest BCUT2D eigenvalue weighted by Gasteiger charge is -2.27. The molecular formula is C30H44N6O. The Hall–Kier alpha value is -2.48. The highest BCUT2D eigenvalue weighted by Crippen LogP contribution is 2.37. The van der Waals surface area contributed by atoms with Crippen molar-refractivity contribution in [2.45, 2.75) is 89.6 Å². The number of rotatable bonds is 9. The molecule has 1 saturated heterocycles. The zero-order valence-electron chi connectivity index (χ0n) is 23.0. The summed E-state index contributed by atoms with van der Waals surface area (Å²) < 4.78 is 2.35. The average Bonchev–Trinajstić information content (AvgIpc) is 3.50. The molecule has 1 aromatic carbocycles. The molecule has 1 aliphatic carbocycles. The fourth-order valence-electron chi connectivity index (χ4n) is 6.09. The Kier molecular flexibility index (Phi) is 8.12. The number of benzene rings is 1.